The van der Waals surface area contributed by atoms with Gasteiger partial charge in [0.2, 0.25) is 0 Å². The molecule has 3 aromatic rings. The van der Waals surface area contributed by atoms with Crippen LogP contribution in [0.5, 0.6) is 5.75 Å². The van der Waals surface area contributed by atoms with Crippen LogP contribution in [0.1, 0.15) is 0 Å². The number of fused-ring (bicyclic) bond motifs is 1. The van der Waals surface area contributed by atoms with E-state index >= 15 is 0 Å². The molecule has 1 aromatic carbocycles. The lowest BCUT2D eigenvalue weighted by molar-refractivity contribution is 0.401. The van der Waals surface area contributed by atoms with Crippen LogP contribution in [0.25, 0.3) is 10.2 Å². The average Bonchev–Trinajstić information content (AvgIpc) is 2.81. The molecule has 0 unspecified atom stereocenters. The first-order valence-corrected chi connectivity index (χ1v) is 7.09. The maximum absolute atomic E-state index is 5.75. The van der Waals surface area contributed by atoms with E-state index in [0.717, 1.165) is 14.6 Å². The minimum absolute atomic E-state index is 0.334. The van der Waals surface area contributed by atoms with E-state index in [0.29, 0.717) is 16.6 Å². The van der Waals surface area contributed by atoms with E-state index in [4.69, 9.17) is 10.5 Å². The molecule has 0 bridgehead atoms. The lowest BCUT2D eigenvalue weighted by atomic mass is 10.3. The van der Waals surface area contributed by atoms with Crippen LogP contribution >= 0.6 is 23.1 Å². The van der Waals surface area contributed by atoms with E-state index in [1.165, 1.54) is 18.1 Å². The molecule has 96 valence electrons. The molecule has 0 aliphatic heterocycles. The van der Waals surface area contributed by atoms with Gasteiger partial charge < -0.3 is 10.5 Å². The average molecular weight is 290 g/mol. The maximum Gasteiger partial charge on any atom is 0.193 e. The molecule has 7 heteroatoms. The molecule has 3 rings (SSSR count). The zero-order valence-corrected chi connectivity index (χ0v) is 11.7. The second-order valence-corrected chi connectivity index (χ2v) is 5.91. The van der Waals surface area contributed by atoms with E-state index in [-0.39, 0.29) is 0 Å². The normalized spacial score (nSPS) is 10.8. The van der Waals surface area contributed by atoms with E-state index in [9.17, 15) is 0 Å². The zero-order chi connectivity index (χ0) is 13.2. The molecule has 0 atom stereocenters. The Morgan fingerprint density at radius 2 is 2.11 bits per heavy atom. The van der Waals surface area contributed by atoms with Crippen molar-refractivity contribution in [1.82, 2.24) is 15.0 Å². The van der Waals surface area contributed by atoms with Crippen LogP contribution in [0.3, 0.4) is 0 Å². The molecule has 0 amide bonds. The molecule has 19 heavy (non-hydrogen) atoms. The number of rotatable bonds is 3. The predicted octanol–water partition coefficient (Wildman–Crippen LogP) is 2.83. The molecule has 0 spiro atoms. The highest BCUT2D eigenvalue weighted by atomic mass is 32.2. The van der Waals surface area contributed by atoms with Crippen LogP contribution in [0.15, 0.2) is 40.0 Å². The fourth-order valence-electron chi connectivity index (χ4n) is 1.61. The van der Waals surface area contributed by atoms with Crippen LogP contribution in [0, 0.1) is 0 Å². The van der Waals surface area contributed by atoms with Crippen molar-refractivity contribution < 1.29 is 4.74 Å². The van der Waals surface area contributed by atoms with Crippen LogP contribution in [0.2, 0.25) is 0 Å². The molecular weight excluding hydrogens is 280 g/mol. The van der Waals surface area contributed by atoms with Crippen LogP contribution in [-0.4, -0.2) is 22.1 Å². The molecule has 0 saturated heterocycles. The Morgan fingerprint density at radius 3 is 2.89 bits per heavy atom. The first-order chi connectivity index (χ1) is 9.28. The van der Waals surface area contributed by atoms with Crippen molar-refractivity contribution in [3.8, 4) is 5.75 Å². The first kappa shape index (κ1) is 12.2. The predicted molar refractivity (Wildman–Crippen MR) is 76.7 cm³/mol. The molecule has 0 fully saturated rings. The van der Waals surface area contributed by atoms with Crippen molar-refractivity contribution in [2.75, 3.05) is 12.8 Å². The fraction of sp³-hybridized carbons (Fsp3) is 0.0833. The molecule has 5 nitrogen and oxygen atoms in total. The van der Waals surface area contributed by atoms with Gasteiger partial charge in [0.1, 0.15) is 6.33 Å². The van der Waals surface area contributed by atoms with Gasteiger partial charge in [0.25, 0.3) is 0 Å². The van der Waals surface area contributed by atoms with Crippen LogP contribution in [0.4, 0.5) is 5.82 Å². The Hall–Kier alpha value is -1.86. The van der Waals surface area contributed by atoms with E-state index in [1.807, 2.05) is 24.3 Å². The number of thiazole rings is 1. The Bertz CT molecular complexity index is 696. The number of anilines is 1. The second-order valence-electron chi connectivity index (χ2n) is 3.65. The molecule has 0 aliphatic rings. The summed E-state index contributed by atoms with van der Waals surface area (Å²) in [5, 5.41) is 0.675. The molecule has 0 aliphatic carbocycles. The van der Waals surface area contributed by atoms with Crippen molar-refractivity contribution in [1.29, 1.82) is 0 Å². The van der Waals surface area contributed by atoms with Crippen molar-refractivity contribution in [2.45, 2.75) is 9.37 Å². The van der Waals surface area contributed by atoms with Gasteiger partial charge in [0.15, 0.2) is 20.9 Å². The Kier molecular flexibility index (Phi) is 3.22. The summed E-state index contributed by atoms with van der Waals surface area (Å²) in [5.74, 6) is 0.827. The number of ether oxygens (including phenoxy) is 1. The highest BCUT2D eigenvalue weighted by Gasteiger charge is 2.13. The quantitative estimate of drug-likeness (QED) is 0.748. The molecule has 0 radical (unpaired) electrons. The topological polar surface area (TPSA) is 73.9 Å². The largest absolute Gasteiger partial charge is 0.490 e. The van der Waals surface area contributed by atoms with Gasteiger partial charge in [-0.2, -0.15) is 0 Å². The lowest BCUT2D eigenvalue weighted by Crippen LogP contribution is -1.98. The van der Waals surface area contributed by atoms with Crippen molar-refractivity contribution in [3.05, 3.63) is 30.6 Å². The van der Waals surface area contributed by atoms with Gasteiger partial charge >= 0.3 is 0 Å². The number of benzene rings is 1. The highest BCUT2D eigenvalue weighted by molar-refractivity contribution is 8.01. The number of hydrogen-bond donors (Lipinski definition) is 1. The fourth-order valence-corrected chi connectivity index (χ4v) is 3.67. The number of nitrogens with two attached hydrogens (primary N) is 1. The van der Waals surface area contributed by atoms with E-state index < -0.39 is 0 Å². The van der Waals surface area contributed by atoms with Gasteiger partial charge in [-0.1, -0.05) is 12.1 Å². The summed E-state index contributed by atoms with van der Waals surface area (Å²) in [6.45, 7) is 0. The Labute approximate surface area is 117 Å². The smallest absolute Gasteiger partial charge is 0.193 e. The van der Waals surface area contributed by atoms with Gasteiger partial charge in [-0.3, -0.25) is 0 Å². The molecule has 2 N–H and O–H groups in total. The number of methoxy groups -OCH3 is 1. The highest BCUT2D eigenvalue weighted by Crippen LogP contribution is 2.38. The van der Waals surface area contributed by atoms with Crippen LogP contribution in [-0.2, 0) is 0 Å². The molecule has 2 aromatic heterocycles. The minimum Gasteiger partial charge on any atom is -0.490 e. The van der Waals surface area contributed by atoms with E-state index in [2.05, 4.69) is 15.0 Å². The summed E-state index contributed by atoms with van der Waals surface area (Å²) in [6, 6.07) is 8.00. The zero-order valence-electron chi connectivity index (χ0n) is 10.0. The van der Waals surface area contributed by atoms with Gasteiger partial charge in [-0.25, -0.2) is 15.0 Å². The summed E-state index contributed by atoms with van der Waals surface area (Å²) >= 11 is 3.04. The third-order valence-electron chi connectivity index (χ3n) is 2.46. The monoisotopic (exact) mass is 290 g/mol. The summed E-state index contributed by atoms with van der Waals surface area (Å²) in [7, 11) is 1.55. The number of aromatic nitrogens is 3. The molecular formula is C12H10N4OS2. The molecule has 0 saturated carbocycles. The summed E-state index contributed by atoms with van der Waals surface area (Å²) in [4.78, 5) is 12.6. The number of nitrogens with zero attached hydrogens (tertiary/aromatic N) is 3. The second kappa shape index (κ2) is 5.02. The van der Waals surface area contributed by atoms with Gasteiger partial charge in [0, 0.05) is 0 Å². The standard InChI is InChI=1S/C12H10N4OS2/c1-17-9-10(13)14-6-15-11(9)19-12-16-7-4-2-3-5-8(7)18-12/h2-6H,1H3,(H2,13,14,15). The number of nitrogen functional groups attached to an aromatic ring is 1. The Morgan fingerprint density at radius 1 is 1.26 bits per heavy atom. The SMILES string of the molecule is COc1c(N)ncnc1Sc1nc2ccccc2s1. The summed E-state index contributed by atoms with van der Waals surface area (Å²) < 4.78 is 7.27. The number of para-hydroxylation sites is 1. The van der Waals surface area contributed by atoms with E-state index in [1.54, 1.807) is 18.4 Å². The first-order valence-electron chi connectivity index (χ1n) is 5.46. The van der Waals surface area contributed by atoms with Crippen molar-refractivity contribution >= 4 is 39.1 Å². The maximum atomic E-state index is 5.75. The number of hydrogen-bond acceptors (Lipinski definition) is 7. The summed E-state index contributed by atoms with van der Waals surface area (Å²) in [6.07, 6.45) is 1.42. The third kappa shape index (κ3) is 2.34. The minimum atomic E-state index is 0.334. The van der Waals surface area contributed by atoms with Crippen LogP contribution < -0.4 is 10.5 Å². The van der Waals surface area contributed by atoms with Crippen molar-refractivity contribution in [2.24, 2.45) is 0 Å². The van der Waals surface area contributed by atoms with Gasteiger partial charge in [0.05, 0.1) is 17.3 Å². The summed E-state index contributed by atoms with van der Waals surface area (Å²) in [5.41, 5.74) is 6.74. The van der Waals surface area contributed by atoms with Crippen molar-refractivity contribution in [3.63, 3.8) is 0 Å². The Balaban J connectivity index is 1.99. The lowest BCUT2D eigenvalue weighted by Gasteiger charge is -2.06. The van der Waals surface area contributed by atoms with Gasteiger partial charge in [-0.15, -0.1) is 11.3 Å². The van der Waals surface area contributed by atoms with Gasteiger partial charge in [-0.05, 0) is 23.9 Å². The third-order valence-corrected chi connectivity index (χ3v) is 4.54. The molecule has 2 heterocycles.